The first-order chi connectivity index (χ1) is 11.8. The maximum Gasteiger partial charge on any atom is 0.272 e. The third-order valence-electron chi connectivity index (χ3n) is 4.01. The molecule has 2 aromatic carbocycles. The highest BCUT2D eigenvalue weighted by Crippen LogP contribution is 2.26. The first-order valence-corrected chi connectivity index (χ1v) is 7.52. The molecule has 1 aliphatic heterocycles. The Bertz CT molecular complexity index is 897. The molecule has 1 unspecified atom stereocenters. The zero-order valence-electron chi connectivity index (χ0n) is 13.2. The minimum atomic E-state index is -0.956. The molecule has 2 N–H and O–H groups in total. The Balaban J connectivity index is 1.76. The second-order valence-corrected chi connectivity index (χ2v) is 5.76. The molecule has 128 valence electrons. The fraction of sp³-hybridized carbons (Fsp3) is 0.176. The van der Waals surface area contributed by atoms with Gasteiger partial charge < -0.3 is 10.6 Å². The van der Waals surface area contributed by atoms with Crippen molar-refractivity contribution in [3.8, 4) is 0 Å². The van der Waals surface area contributed by atoms with Crippen LogP contribution in [0.2, 0.25) is 0 Å². The Labute approximate surface area is 142 Å². The van der Waals surface area contributed by atoms with Gasteiger partial charge in [-0.3, -0.25) is 19.7 Å². The molecule has 1 aliphatic rings. The summed E-state index contributed by atoms with van der Waals surface area (Å²) in [5.41, 5.74) is 1.66. The Morgan fingerprint density at radius 1 is 1.32 bits per heavy atom. The van der Waals surface area contributed by atoms with Gasteiger partial charge in [-0.05, 0) is 30.2 Å². The van der Waals surface area contributed by atoms with Crippen LogP contribution in [0, 0.1) is 15.9 Å². The van der Waals surface area contributed by atoms with E-state index in [2.05, 4.69) is 10.6 Å². The molecule has 0 bridgehead atoms. The largest absolute Gasteiger partial charge is 0.345 e. The van der Waals surface area contributed by atoms with Crippen molar-refractivity contribution in [2.75, 3.05) is 5.32 Å². The molecule has 0 saturated heterocycles. The molecule has 2 aromatic rings. The molecule has 0 radical (unpaired) electrons. The van der Waals surface area contributed by atoms with Crippen LogP contribution in [0.25, 0.3) is 0 Å². The number of nitrogens with one attached hydrogen (secondary N) is 2. The van der Waals surface area contributed by atoms with Crippen LogP contribution >= 0.6 is 0 Å². The van der Waals surface area contributed by atoms with Crippen LogP contribution in [0.15, 0.2) is 36.4 Å². The van der Waals surface area contributed by atoms with Crippen molar-refractivity contribution in [2.45, 2.75) is 19.4 Å². The van der Waals surface area contributed by atoms with Crippen molar-refractivity contribution in [2.24, 2.45) is 0 Å². The summed E-state index contributed by atoms with van der Waals surface area (Å²) in [6.07, 6.45) is 0.279. The Morgan fingerprint density at radius 3 is 2.76 bits per heavy atom. The Hall–Kier alpha value is -3.29. The number of anilines is 1. The third kappa shape index (κ3) is 3.32. The molecule has 0 aliphatic carbocycles. The molecule has 25 heavy (non-hydrogen) atoms. The highest BCUT2D eigenvalue weighted by Gasteiger charge is 2.21. The second-order valence-electron chi connectivity index (χ2n) is 5.76. The highest BCUT2D eigenvalue weighted by molar-refractivity contribution is 5.99. The average Bonchev–Trinajstić information content (AvgIpc) is 2.93. The zero-order valence-corrected chi connectivity index (χ0v) is 13.2. The van der Waals surface area contributed by atoms with Crippen molar-refractivity contribution >= 4 is 23.2 Å². The van der Waals surface area contributed by atoms with E-state index in [1.807, 2.05) is 6.07 Å². The molecule has 3 rings (SSSR count). The van der Waals surface area contributed by atoms with Crippen molar-refractivity contribution in [3.63, 3.8) is 0 Å². The number of carbonyl (C=O) groups is 2. The molecule has 1 atom stereocenters. The Kier molecular flexibility index (Phi) is 4.18. The topological polar surface area (TPSA) is 101 Å². The predicted octanol–water partition coefficient (Wildman–Crippen LogP) is 2.72. The number of hydrogen-bond acceptors (Lipinski definition) is 4. The molecule has 2 amide bonds. The van der Waals surface area contributed by atoms with Crippen LogP contribution < -0.4 is 10.6 Å². The standard InChI is InChI=1S/C17H14FN3O4/c1-9(10-2-5-15-11(6-10)7-16(22)20-15)19-17(23)13-4-3-12(21(24)25)8-14(13)18/h2-6,8-9H,7H2,1H3,(H,19,23)(H,20,22). The number of rotatable bonds is 4. The number of nitro groups is 1. The predicted molar refractivity (Wildman–Crippen MR) is 87.7 cm³/mol. The lowest BCUT2D eigenvalue weighted by Gasteiger charge is -2.15. The molecular formula is C17H14FN3O4. The summed E-state index contributed by atoms with van der Waals surface area (Å²) in [4.78, 5) is 33.5. The van der Waals surface area contributed by atoms with Crippen LogP contribution in [0.3, 0.4) is 0 Å². The maximum atomic E-state index is 13.9. The number of nitrogens with zero attached hydrogens (tertiary/aromatic N) is 1. The summed E-state index contributed by atoms with van der Waals surface area (Å²) in [7, 11) is 0. The van der Waals surface area contributed by atoms with Gasteiger partial charge in [0.25, 0.3) is 11.6 Å². The normalized spacial score (nSPS) is 13.8. The second kappa shape index (κ2) is 6.31. The SMILES string of the molecule is CC(NC(=O)c1ccc([N+](=O)[O-])cc1F)c1ccc2c(c1)CC(=O)N2. The molecule has 0 saturated carbocycles. The first kappa shape index (κ1) is 16.6. The van der Waals surface area contributed by atoms with E-state index in [9.17, 15) is 24.1 Å². The molecule has 8 heteroatoms. The van der Waals surface area contributed by atoms with Crippen LogP contribution in [-0.4, -0.2) is 16.7 Å². The maximum absolute atomic E-state index is 13.9. The van der Waals surface area contributed by atoms with Crippen LogP contribution in [-0.2, 0) is 11.2 Å². The average molecular weight is 343 g/mol. The van der Waals surface area contributed by atoms with Crippen molar-refractivity contribution in [1.29, 1.82) is 0 Å². The summed E-state index contributed by atoms with van der Waals surface area (Å²) >= 11 is 0. The lowest BCUT2D eigenvalue weighted by Crippen LogP contribution is -2.27. The minimum absolute atomic E-state index is 0.0863. The number of hydrogen-bond donors (Lipinski definition) is 2. The van der Waals surface area contributed by atoms with Crippen molar-refractivity contribution in [3.05, 3.63) is 69.0 Å². The number of carbonyl (C=O) groups excluding carboxylic acids is 2. The molecule has 0 spiro atoms. The summed E-state index contributed by atoms with van der Waals surface area (Å²) in [5, 5.41) is 16.0. The smallest absolute Gasteiger partial charge is 0.272 e. The van der Waals surface area contributed by atoms with E-state index < -0.39 is 28.4 Å². The lowest BCUT2D eigenvalue weighted by atomic mass is 10.0. The van der Waals surface area contributed by atoms with Gasteiger partial charge in [-0.15, -0.1) is 0 Å². The zero-order chi connectivity index (χ0) is 18.1. The van der Waals surface area contributed by atoms with E-state index in [4.69, 9.17) is 0 Å². The quantitative estimate of drug-likeness (QED) is 0.658. The number of fused-ring (bicyclic) bond motifs is 1. The van der Waals surface area contributed by atoms with Gasteiger partial charge in [0.1, 0.15) is 5.82 Å². The molecule has 7 nitrogen and oxygen atoms in total. The minimum Gasteiger partial charge on any atom is -0.345 e. The number of benzene rings is 2. The van der Waals surface area contributed by atoms with Crippen LogP contribution in [0.1, 0.15) is 34.5 Å². The number of amides is 2. The van der Waals surface area contributed by atoms with Crippen molar-refractivity contribution in [1.82, 2.24) is 5.32 Å². The van der Waals surface area contributed by atoms with Gasteiger partial charge in [0.15, 0.2) is 0 Å². The molecule has 0 fully saturated rings. The summed E-state index contributed by atoms with van der Waals surface area (Å²) in [6.45, 7) is 1.73. The monoisotopic (exact) mass is 343 g/mol. The van der Waals surface area contributed by atoms with E-state index >= 15 is 0 Å². The van der Waals surface area contributed by atoms with Gasteiger partial charge in [0.2, 0.25) is 5.91 Å². The summed E-state index contributed by atoms with van der Waals surface area (Å²) in [5.74, 6) is -1.71. The van der Waals surface area contributed by atoms with E-state index in [1.54, 1.807) is 19.1 Å². The van der Waals surface area contributed by atoms with Crippen LogP contribution in [0.4, 0.5) is 15.8 Å². The summed E-state index contributed by atoms with van der Waals surface area (Å²) < 4.78 is 13.9. The van der Waals surface area contributed by atoms with Gasteiger partial charge in [0.05, 0.1) is 29.0 Å². The molecule has 0 aromatic heterocycles. The van der Waals surface area contributed by atoms with Crippen LogP contribution in [0.5, 0.6) is 0 Å². The third-order valence-corrected chi connectivity index (χ3v) is 4.01. The fourth-order valence-electron chi connectivity index (χ4n) is 2.68. The number of non-ortho nitro benzene ring substituents is 1. The van der Waals surface area contributed by atoms with Gasteiger partial charge in [-0.1, -0.05) is 12.1 Å². The first-order valence-electron chi connectivity index (χ1n) is 7.52. The van der Waals surface area contributed by atoms with Gasteiger partial charge in [0, 0.05) is 11.8 Å². The van der Waals surface area contributed by atoms with E-state index in [0.717, 1.165) is 28.9 Å². The molecule has 1 heterocycles. The fourth-order valence-corrected chi connectivity index (χ4v) is 2.68. The highest BCUT2D eigenvalue weighted by atomic mass is 19.1. The number of halogens is 1. The van der Waals surface area contributed by atoms with Gasteiger partial charge in [-0.25, -0.2) is 4.39 Å². The van der Waals surface area contributed by atoms with Gasteiger partial charge in [-0.2, -0.15) is 0 Å². The van der Waals surface area contributed by atoms with E-state index in [0.29, 0.717) is 6.07 Å². The lowest BCUT2D eigenvalue weighted by molar-refractivity contribution is -0.385. The number of nitro benzene ring substituents is 1. The van der Waals surface area contributed by atoms with Gasteiger partial charge >= 0.3 is 0 Å². The molecular weight excluding hydrogens is 329 g/mol. The van der Waals surface area contributed by atoms with Crippen molar-refractivity contribution < 1.29 is 18.9 Å². The van der Waals surface area contributed by atoms with E-state index in [-0.39, 0.29) is 17.9 Å². The summed E-state index contributed by atoms with van der Waals surface area (Å²) in [6, 6.07) is 7.78. The van der Waals surface area contributed by atoms with E-state index in [1.165, 1.54) is 0 Å². The Morgan fingerprint density at radius 2 is 2.08 bits per heavy atom.